The maximum Gasteiger partial charge on any atom is 0.573 e. The number of benzene rings is 2. The van der Waals surface area contributed by atoms with Gasteiger partial charge in [0, 0.05) is 37.9 Å². The fraction of sp³-hybridized carbons (Fsp3) is 0.292. The number of carbonyl (C=O) groups is 2. The Hall–Kier alpha value is -3.82. The van der Waals surface area contributed by atoms with Gasteiger partial charge in [0.25, 0.3) is 5.91 Å². The summed E-state index contributed by atoms with van der Waals surface area (Å²) in [6.07, 6.45) is -2.08. The molecular formula is C24H21F3N4O3. The van der Waals surface area contributed by atoms with E-state index in [1.165, 1.54) is 12.1 Å². The zero-order valence-electron chi connectivity index (χ0n) is 18.5. The van der Waals surface area contributed by atoms with E-state index in [1.54, 1.807) is 11.1 Å². The third-order valence-corrected chi connectivity index (χ3v) is 6.23. The molecule has 0 radical (unpaired) electrons. The fourth-order valence-corrected chi connectivity index (χ4v) is 4.49. The summed E-state index contributed by atoms with van der Waals surface area (Å²) < 4.78 is 41.3. The minimum absolute atomic E-state index is 0.201. The second-order valence-corrected chi connectivity index (χ2v) is 8.62. The largest absolute Gasteiger partial charge is 0.573 e. The number of aromatic nitrogens is 1. The first-order valence-electron chi connectivity index (χ1n) is 10.7. The van der Waals surface area contributed by atoms with Crippen LogP contribution in [0.25, 0.3) is 10.9 Å². The molecule has 0 bridgehead atoms. The van der Waals surface area contributed by atoms with Crippen LogP contribution in [0.1, 0.15) is 18.4 Å². The quantitative estimate of drug-likeness (QED) is 0.506. The smallest absolute Gasteiger partial charge is 0.406 e. The molecule has 0 N–H and O–H groups in total. The molecule has 176 valence electrons. The molecule has 2 heterocycles. The highest BCUT2D eigenvalue weighted by Gasteiger charge is 2.65. The van der Waals surface area contributed by atoms with E-state index in [9.17, 15) is 22.8 Å². The van der Waals surface area contributed by atoms with Gasteiger partial charge >= 0.3 is 12.4 Å². The summed E-state index contributed by atoms with van der Waals surface area (Å²) in [5.74, 6) is -0.791. The third-order valence-electron chi connectivity index (χ3n) is 6.23. The van der Waals surface area contributed by atoms with Crippen LogP contribution >= 0.6 is 0 Å². The second-order valence-electron chi connectivity index (χ2n) is 8.62. The third kappa shape index (κ3) is 3.59. The standard InChI is InChI=1S/C24H21F3N4O3/c1-29(2)19-5-3-4-18-20(19)15(10-13-28-18)14-30-22(33)31(21(32)23(30)11-12-23)16-6-8-17(9-7-16)34-24(25,26)27/h3-10,13H,11-12,14H2,1-2H3. The Morgan fingerprint density at radius 3 is 2.38 bits per heavy atom. The lowest BCUT2D eigenvalue weighted by Crippen LogP contribution is -2.36. The molecule has 10 heteroatoms. The first kappa shape index (κ1) is 22.0. The van der Waals surface area contributed by atoms with Crippen LogP contribution in [0.4, 0.5) is 29.3 Å². The van der Waals surface area contributed by atoms with Crippen molar-refractivity contribution < 1.29 is 27.5 Å². The number of carbonyl (C=O) groups excluding carboxylic acids is 2. The van der Waals surface area contributed by atoms with E-state index in [0.29, 0.717) is 12.8 Å². The molecular weight excluding hydrogens is 449 g/mol. The Labute approximate surface area is 193 Å². The minimum atomic E-state index is -4.83. The summed E-state index contributed by atoms with van der Waals surface area (Å²) in [4.78, 5) is 35.7. The predicted molar refractivity (Wildman–Crippen MR) is 120 cm³/mol. The maximum atomic E-state index is 13.4. The van der Waals surface area contributed by atoms with E-state index in [1.807, 2.05) is 43.3 Å². The van der Waals surface area contributed by atoms with Crippen molar-refractivity contribution in [1.29, 1.82) is 0 Å². The molecule has 1 aromatic heterocycles. The maximum absolute atomic E-state index is 13.4. The lowest BCUT2D eigenvalue weighted by atomic mass is 10.1. The van der Waals surface area contributed by atoms with Crippen molar-refractivity contribution in [1.82, 2.24) is 9.88 Å². The van der Waals surface area contributed by atoms with Crippen molar-refractivity contribution in [2.75, 3.05) is 23.9 Å². The van der Waals surface area contributed by atoms with Gasteiger partial charge in [-0.15, -0.1) is 13.2 Å². The summed E-state index contributed by atoms with van der Waals surface area (Å²) >= 11 is 0. The number of rotatable bonds is 5. The Kier molecular flexibility index (Phi) is 4.92. The van der Waals surface area contributed by atoms with E-state index in [4.69, 9.17) is 0 Å². The van der Waals surface area contributed by atoms with Crippen LogP contribution in [0.3, 0.4) is 0 Å². The number of anilines is 2. The highest BCUT2D eigenvalue weighted by Crippen LogP contribution is 2.50. The molecule has 1 spiro atoms. The molecule has 5 rings (SSSR count). The van der Waals surface area contributed by atoms with Crippen molar-refractivity contribution >= 4 is 34.2 Å². The highest BCUT2D eigenvalue weighted by atomic mass is 19.4. The average molecular weight is 470 g/mol. The van der Waals surface area contributed by atoms with Crippen LogP contribution in [-0.4, -0.2) is 47.8 Å². The number of amides is 3. The van der Waals surface area contributed by atoms with Gasteiger partial charge in [0.2, 0.25) is 0 Å². The Morgan fingerprint density at radius 2 is 1.76 bits per heavy atom. The Morgan fingerprint density at radius 1 is 1.06 bits per heavy atom. The van der Waals surface area contributed by atoms with Gasteiger partial charge in [0.05, 0.1) is 11.2 Å². The van der Waals surface area contributed by atoms with Crippen molar-refractivity contribution in [3.63, 3.8) is 0 Å². The van der Waals surface area contributed by atoms with Crippen molar-refractivity contribution in [2.24, 2.45) is 0 Å². The molecule has 3 amide bonds. The van der Waals surface area contributed by atoms with Crippen molar-refractivity contribution in [2.45, 2.75) is 31.3 Å². The summed E-state index contributed by atoms with van der Waals surface area (Å²) in [5, 5.41) is 0.901. The van der Waals surface area contributed by atoms with Gasteiger partial charge in [0.15, 0.2) is 0 Å². The number of nitrogens with zero attached hydrogens (tertiary/aromatic N) is 4. The van der Waals surface area contributed by atoms with Crippen LogP contribution < -0.4 is 14.5 Å². The van der Waals surface area contributed by atoms with Gasteiger partial charge in [-0.25, -0.2) is 9.69 Å². The molecule has 2 fully saturated rings. The number of halogens is 3. The first-order chi connectivity index (χ1) is 16.1. The van der Waals surface area contributed by atoms with Gasteiger partial charge in [-0.1, -0.05) is 6.07 Å². The summed E-state index contributed by atoms with van der Waals surface area (Å²) in [5.41, 5.74) is 1.86. The minimum Gasteiger partial charge on any atom is -0.406 e. The monoisotopic (exact) mass is 470 g/mol. The average Bonchev–Trinajstić information content (AvgIpc) is 3.55. The molecule has 1 aliphatic heterocycles. The van der Waals surface area contributed by atoms with Gasteiger partial charge < -0.3 is 14.5 Å². The number of hydrogen-bond acceptors (Lipinski definition) is 5. The molecule has 7 nitrogen and oxygen atoms in total. The number of fused-ring (bicyclic) bond motifs is 1. The van der Waals surface area contributed by atoms with Crippen molar-refractivity contribution in [3.8, 4) is 5.75 Å². The van der Waals surface area contributed by atoms with Crippen LogP contribution in [-0.2, 0) is 11.3 Å². The van der Waals surface area contributed by atoms with Crippen LogP contribution in [0, 0.1) is 0 Å². The number of urea groups is 1. The van der Waals surface area contributed by atoms with Gasteiger partial charge in [-0.2, -0.15) is 0 Å². The molecule has 1 saturated carbocycles. The molecule has 2 aromatic carbocycles. The van der Waals surface area contributed by atoms with E-state index in [0.717, 1.165) is 39.2 Å². The number of pyridine rings is 1. The lowest BCUT2D eigenvalue weighted by Gasteiger charge is -2.24. The molecule has 1 aliphatic carbocycles. The van der Waals surface area contributed by atoms with E-state index in [-0.39, 0.29) is 18.1 Å². The zero-order chi connectivity index (χ0) is 24.3. The number of ether oxygens (including phenoxy) is 1. The fourth-order valence-electron chi connectivity index (χ4n) is 4.49. The predicted octanol–water partition coefficient (Wildman–Crippen LogP) is 4.70. The molecule has 0 unspecified atom stereocenters. The zero-order valence-corrected chi connectivity index (χ0v) is 18.5. The summed E-state index contributed by atoms with van der Waals surface area (Å²) in [6.45, 7) is 0.209. The van der Waals surface area contributed by atoms with Gasteiger partial charge in [-0.3, -0.25) is 9.78 Å². The Balaban J connectivity index is 1.48. The number of alkyl halides is 3. The van der Waals surface area contributed by atoms with E-state index >= 15 is 0 Å². The first-order valence-corrected chi connectivity index (χ1v) is 10.7. The summed E-state index contributed by atoms with van der Waals surface area (Å²) in [6, 6.07) is 11.9. The van der Waals surface area contributed by atoms with Crippen LogP contribution in [0.5, 0.6) is 5.75 Å². The normalized spacial score (nSPS) is 17.1. The molecule has 1 saturated heterocycles. The topological polar surface area (TPSA) is 66.0 Å². The second kappa shape index (κ2) is 7.61. The summed E-state index contributed by atoms with van der Waals surface area (Å²) in [7, 11) is 3.85. The number of hydrogen-bond donors (Lipinski definition) is 0. The SMILES string of the molecule is CN(C)c1cccc2nccc(CN3C(=O)N(c4ccc(OC(F)(F)F)cc4)C(=O)C34CC4)c12. The molecule has 34 heavy (non-hydrogen) atoms. The van der Waals surface area contributed by atoms with Gasteiger partial charge in [-0.05, 0) is 60.9 Å². The van der Waals surface area contributed by atoms with E-state index < -0.39 is 23.7 Å². The Bertz CT molecular complexity index is 1280. The van der Waals surface area contributed by atoms with E-state index in [2.05, 4.69) is 9.72 Å². The van der Waals surface area contributed by atoms with Crippen molar-refractivity contribution in [3.05, 3.63) is 60.3 Å². The highest BCUT2D eigenvalue weighted by molar-refractivity contribution is 6.24. The van der Waals surface area contributed by atoms with Crippen LogP contribution in [0.15, 0.2) is 54.7 Å². The lowest BCUT2D eigenvalue weighted by molar-refractivity contribution is -0.274. The van der Waals surface area contributed by atoms with Crippen LogP contribution in [0.2, 0.25) is 0 Å². The molecule has 2 aliphatic rings. The number of imide groups is 1. The molecule has 0 atom stereocenters. The van der Waals surface area contributed by atoms with Gasteiger partial charge in [0.1, 0.15) is 11.3 Å². The molecule has 3 aromatic rings.